The number of aromatic nitrogens is 1. The van der Waals surface area contributed by atoms with Gasteiger partial charge in [0.2, 0.25) is 0 Å². The van der Waals surface area contributed by atoms with E-state index >= 15 is 0 Å². The van der Waals surface area contributed by atoms with Gasteiger partial charge in [0.15, 0.2) is 5.78 Å². The lowest BCUT2D eigenvalue weighted by atomic mass is 9.87. The molecule has 5 heteroatoms. The largest absolute Gasteiger partial charge is 0.339 e. The van der Waals surface area contributed by atoms with Crippen LogP contribution in [0.4, 0.5) is 0 Å². The van der Waals surface area contributed by atoms with Crippen molar-refractivity contribution < 1.29 is 4.79 Å². The van der Waals surface area contributed by atoms with Gasteiger partial charge in [-0.15, -0.1) is 0 Å². The van der Waals surface area contributed by atoms with Gasteiger partial charge in [0.1, 0.15) is 0 Å². The molecule has 3 aromatic rings. The van der Waals surface area contributed by atoms with Gasteiger partial charge in [0.25, 0.3) is 0 Å². The van der Waals surface area contributed by atoms with Crippen molar-refractivity contribution >= 4 is 28.3 Å². The Labute approximate surface area is 177 Å². The Morgan fingerprint density at radius 2 is 1.79 bits per heavy atom. The molecule has 29 heavy (non-hydrogen) atoms. The number of nitrogens with two attached hydrogens (primary N) is 1. The second kappa shape index (κ2) is 7.51. The summed E-state index contributed by atoms with van der Waals surface area (Å²) >= 11 is 6.25. The monoisotopic (exact) mass is 409 g/mol. The predicted molar refractivity (Wildman–Crippen MR) is 120 cm³/mol. The fraction of sp³-hybridized carbons (Fsp3) is 0.375. The lowest BCUT2D eigenvalue weighted by Crippen LogP contribution is -2.45. The van der Waals surface area contributed by atoms with E-state index in [0.717, 1.165) is 36.8 Å². The van der Waals surface area contributed by atoms with E-state index in [4.69, 9.17) is 17.4 Å². The number of carbonyl (C=O) groups excluding carboxylic acids is 1. The highest BCUT2D eigenvalue weighted by molar-refractivity contribution is 6.35. The van der Waals surface area contributed by atoms with Crippen LogP contribution >= 0.6 is 11.6 Å². The van der Waals surface area contributed by atoms with Gasteiger partial charge in [-0.3, -0.25) is 14.4 Å². The van der Waals surface area contributed by atoms with E-state index in [1.807, 2.05) is 36.5 Å². The topological polar surface area (TPSA) is 51.3 Å². The van der Waals surface area contributed by atoms with Gasteiger partial charge in [0, 0.05) is 28.2 Å². The Bertz CT molecular complexity index is 1060. The van der Waals surface area contributed by atoms with Crippen LogP contribution in [0.2, 0.25) is 5.02 Å². The van der Waals surface area contributed by atoms with Gasteiger partial charge < -0.3 is 5.84 Å². The normalized spacial score (nSPS) is 16.4. The number of carbonyl (C=O) groups is 1. The second-order valence-corrected chi connectivity index (χ2v) is 9.37. The summed E-state index contributed by atoms with van der Waals surface area (Å²) in [6.07, 6.45) is 4.23. The van der Waals surface area contributed by atoms with Crippen molar-refractivity contribution in [2.24, 2.45) is 0 Å². The van der Waals surface area contributed by atoms with E-state index in [2.05, 4.69) is 25.7 Å². The summed E-state index contributed by atoms with van der Waals surface area (Å²) in [5.74, 6) is 6.63. The first-order valence-corrected chi connectivity index (χ1v) is 10.6. The first kappa shape index (κ1) is 20.0. The van der Waals surface area contributed by atoms with Crippen molar-refractivity contribution in [1.29, 1.82) is 0 Å². The summed E-state index contributed by atoms with van der Waals surface area (Å²) in [7, 11) is 0. The smallest absolute Gasteiger partial charge is 0.194 e. The summed E-state index contributed by atoms with van der Waals surface area (Å²) in [4.78, 5) is 15.6. The van der Waals surface area contributed by atoms with Crippen molar-refractivity contribution in [3.05, 3.63) is 70.4 Å². The summed E-state index contributed by atoms with van der Waals surface area (Å²) in [6.45, 7) is 8.95. The molecular formula is C24H28ClN3O. The van der Waals surface area contributed by atoms with Crippen LogP contribution in [0.1, 0.15) is 61.0 Å². The molecule has 0 aliphatic carbocycles. The average molecular weight is 410 g/mol. The fourth-order valence-corrected chi connectivity index (χ4v) is 4.63. The van der Waals surface area contributed by atoms with Crippen LogP contribution < -0.4 is 5.84 Å². The van der Waals surface area contributed by atoms with E-state index in [-0.39, 0.29) is 11.3 Å². The maximum atomic E-state index is 13.0. The summed E-state index contributed by atoms with van der Waals surface area (Å²) in [5, 5.41) is 1.54. The Morgan fingerprint density at radius 3 is 2.45 bits per heavy atom. The van der Waals surface area contributed by atoms with Crippen LogP contribution in [0.25, 0.3) is 10.9 Å². The minimum atomic E-state index is -0.0595. The molecule has 1 aliphatic rings. The molecule has 2 aromatic carbocycles. The first-order chi connectivity index (χ1) is 13.8. The van der Waals surface area contributed by atoms with Crippen molar-refractivity contribution in [1.82, 2.24) is 9.58 Å². The molecule has 1 aliphatic heterocycles. The summed E-state index contributed by atoms with van der Waals surface area (Å²) in [6, 6.07) is 12.9. The van der Waals surface area contributed by atoms with Crippen LogP contribution in [0.3, 0.4) is 0 Å². The number of hydrogen-bond acceptors (Lipinski definition) is 3. The predicted octanol–water partition coefficient (Wildman–Crippen LogP) is 5.22. The highest BCUT2D eigenvalue weighted by Gasteiger charge is 2.29. The number of likely N-dealkylation sites (tertiary alicyclic amines) is 1. The molecule has 0 amide bonds. The molecule has 0 bridgehead atoms. The van der Waals surface area contributed by atoms with Crippen LogP contribution in [0, 0.1) is 0 Å². The van der Waals surface area contributed by atoms with Gasteiger partial charge in [-0.25, -0.2) is 0 Å². The highest BCUT2D eigenvalue weighted by atomic mass is 35.5. The van der Waals surface area contributed by atoms with E-state index in [9.17, 15) is 4.79 Å². The van der Waals surface area contributed by atoms with Gasteiger partial charge in [0.05, 0.1) is 10.5 Å². The average Bonchev–Trinajstić information content (AvgIpc) is 3.03. The molecule has 152 valence electrons. The van der Waals surface area contributed by atoms with Gasteiger partial charge in [-0.05, 0) is 88.5 Å². The van der Waals surface area contributed by atoms with E-state index in [0.29, 0.717) is 22.1 Å². The van der Waals surface area contributed by atoms with Crippen molar-refractivity contribution in [3.8, 4) is 0 Å². The van der Waals surface area contributed by atoms with Crippen LogP contribution in [0.5, 0.6) is 0 Å². The number of fused-ring (bicyclic) bond motifs is 1. The molecule has 4 nitrogen and oxygen atoms in total. The third-order valence-electron chi connectivity index (χ3n) is 6.13. The lowest BCUT2D eigenvalue weighted by Gasteiger charge is -2.40. The molecule has 0 atom stereocenters. The second-order valence-electron chi connectivity index (χ2n) is 8.96. The molecule has 0 spiro atoms. The zero-order valence-corrected chi connectivity index (χ0v) is 18.0. The molecule has 0 saturated carbocycles. The Morgan fingerprint density at radius 1 is 1.10 bits per heavy atom. The fourth-order valence-electron chi connectivity index (χ4n) is 4.41. The van der Waals surface area contributed by atoms with Crippen LogP contribution in [-0.2, 0) is 0 Å². The number of nitrogen functional groups attached to an aromatic ring is 1. The maximum absolute atomic E-state index is 13.0. The van der Waals surface area contributed by atoms with E-state index in [1.165, 1.54) is 5.56 Å². The van der Waals surface area contributed by atoms with Crippen molar-refractivity contribution in [2.45, 2.75) is 45.1 Å². The number of piperidine rings is 1. The summed E-state index contributed by atoms with van der Waals surface area (Å²) in [5.41, 5.74) is 3.56. The molecule has 1 fully saturated rings. The quantitative estimate of drug-likeness (QED) is 0.476. The maximum Gasteiger partial charge on any atom is 0.194 e. The van der Waals surface area contributed by atoms with Crippen LogP contribution in [0.15, 0.2) is 48.7 Å². The molecule has 1 aromatic heterocycles. The minimum absolute atomic E-state index is 0.0595. The third kappa shape index (κ3) is 3.79. The van der Waals surface area contributed by atoms with Gasteiger partial charge in [-0.1, -0.05) is 23.7 Å². The number of hydrogen-bond donors (Lipinski definition) is 1. The third-order valence-corrected chi connectivity index (χ3v) is 6.46. The Balaban J connectivity index is 1.67. The number of halogens is 1. The van der Waals surface area contributed by atoms with E-state index in [1.54, 1.807) is 16.8 Å². The zero-order valence-electron chi connectivity index (χ0n) is 17.3. The molecular weight excluding hydrogens is 382 g/mol. The number of nitrogens with zero attached hydrogens (tertiary/aromatic N) is 2. The SMILES string of the molecule is CC(C)(C)N1CCC(c2cn(N)c3ccc(C(=O)c4ccccc4Cl)cc23)CC1. The lowest BCUT2D eigenvalue weighted by molar-refractivity contribution is 0.102. The van der Waals surface area contributed by atoms with Crippen molar-refractivity contribution in [2.75, 3.05) is 18.9 Å². The summed E-state index contributed by atoms with van der Waals surface area (Å²) < 4.78 is 1.69. The van der Waals surface area contributed by atoms with Crippen molar-refractivity contribution in [3.63, 3.8) is 0 Å². The molecule has 2 N–H and O–H groups in total. The Hall–Kier alpha value is -2.30. The highest BCUT2D eigenvalue weighted by Crippen LogP contribution is 2.36. The van der Waals surface area contributed by atoms with Gasteiger partial charge >= 0.3 is 0 Å². The molecule has 0 unspecified atom stereocenters. The number of ketones is 1. The van der Waals surface area contributed by atoms with E-state index < -0.39 is 0 Å². The number of rotatable bonds is 3. The number of benzene rings is 2. The van der Waals surface area contributed by atoms with Gasteiger partial charge in [-0.2, -0.15) is 0 Å². The van der Waals surface area contributed by atoms with Crippen LogP contribution in [-0.4, -0.2) is 34.0 Å². The minimum Gasteiger partial charge on any atom is -0.339 e. The Kier molecular flexibility index (Phi) is 5.18. The standard InChI is InChI=1S/C24H28ClN3O/c1-24(2,3)27-12-10-16(11-13-27)20-15-28(26)22-9-8-17(14-19(20)22)23(29)18-6-4-5-7-21(18)25/h4-9,14-16H,10-13,26H2,1-3H3. The first-order valence-electron chi connectivity index (χ1n) is 10.2. The molecule has 2 heterocycles. The zero-order chi connectivity index (χ0) is 20.8. The molecule has 0 radical (unpaired) electrons. The molecule has 1 saturated heterocycles. The molecule has 4 rings (SSSR count).